The van der Waals surface area contributed by atoms with E-state index in [9.17, 15) is 19.5 Å². The lowest BCUT2D eigenvalue weighted by Gasteiger charge is -2.12. The second kappa shape index (κ2) is 9.17. The van der Waals surface area contributed by atoms with Gasteiger partial charge in [-0.25, -0.2) is 4.98 Å². The number of azo groups is 1. The lowest BCUT2D eigenvalue weighted by molar-refractivity contribution is 0.0991. The number of nitrogens with one attached hydrogen (secondary N) is 1. The molecule has 0 aliphatic rings. The Bertz CT molecular complexity index is 1480. The number of nitrogens with zero attached hydrogens (tertiary/aromatic N) is 3. The van der Waals surface area contributed by atoms with Crippen LogP contribution in [0.5, 0.6) is 5.75 Å². The van der Waals surface area contributed by atoms with Gasteiger partial charge in [0.15, 0.2) is 11.6 Å². The van der Waals surface area contributed by atoms with Crippen molar-refractivity contribution in [1.82, 2.24) is 4.98 Å². The molecule has 0 atom stereocenters. The molecule has 3 amide bonds. The summed E-state index contributed by atoms with van der Waals surface area (Å²) in [6, 6.07) is 17.6. The van der Waals surface area contributed by atoms with Crippen LogP contribution in [0.4, 0.5) is 17.2 Å². The Morgan fingerprint density at radius 2 is 1.50 bits per heavy atom. The minimum absolute atomic E-state index is 0.00694. The number of aromatic hydroxyl groups is 1. The van der Waals surface area contributed by atoms with E-state index in [0.717, 1.165) is 0 Å². The first kappa shape index (κ1) is 22.1. The molecule has 0 spiro atoms. The zero-order valence-electron chi connectivity index (χ0n) is 17.6. The molecule has 0 unspecified atom stereocenters. The number of carbonyl (C=O) groups excluding carboxylic acids is 3. The number of primary amides is 2. The van der Waals surface area contributed by atoms with Gasteiger partial charge in [0.25, 0.3) is 17.7 Å². The van der Waals surface area contributed by atoms with Crippen molar-refractivity contribution in [1.29, 1.82) is 0 Å². The predicted molar refractivity (Wildman–Crippen MR) is 125 cm³/mol. The molecule has 0 saturated carbocycles. The maximum absolute atomic E-state index is 13.1. The topological polar surface area (TPSA) is 173 Å². The number of phenols is 1. The Labute approximate surface area is 192 Å². The molecule has 6 N–H and O–H groups in total. The summed E-state index contributed by atoms with van der Waals surface area (Å²) in [5.74, 6) is -2.63. The monoisotopic (exact) mass is 454 g/mol. The molecule has 0 aliphatic carbocycles. The van der Waals surface area contributed by atoms with Crippen LogP contribution in [0.25, 0.3) is 10.8 Å². The highest BCUT2D eigenvalue weighted by Gasteiger charge is 2.20. The van der Waals surface area contributed by atoms with Crippen molar-refractivity contribution in [3.63, 3.8) is 0 Å². The summed E-state index contributed by atoms with van der Waals surface area (Å²) in [7, 11) is 0. The number of anilines is 1. The standard InChI is InChI=1S/C24H18N6O4/c25-21(32)15-8-3-4-10-18(15)28-24(34)17-12-13-6-1-2-7-14(13)19(20(17)31)29-30-23-16(22(26)33)9-5-11-27-23/h1-12,31H,(H2,25,32)(H2,26,33)(H,28,34)/b30-29+. The van der Waals surface area contributed by atoms with E-state index in [-0.39, 0.29) is 33.9 Å². The van der Waals surface area contributed by atoms with Crippen LogP contribution in [0.1, 0.15) is 31.1 Å². The van der Waals surface area contributed by atoms with Gasteiger partial charge in [-0.05, 0) is 35.7 Å². The van der Waals surface area contributed by atoms with Crippen LogP contribution in [0.3, 0.4) is 0 Å². The molecule has 4 rings (SSSR count). The number of nitrogens with two attached hydrogens (primary N) is 2. The van der Waals surface area contributed by atoms with Gasteiger partial charge in [-0.1, -0.05) is 36.4 Å². The summed E-state index contributed by atoms with van der Waals surface area (Å²) in [4.78, 5) is 40.4. The second-order valence-electron chi connectivity index (χ2n) is 7.15. The smallest absolute Gasteiger partial charge is 0.259 e. The summed E-state index contributed by atoms with van der Waals surface area (Å²) in [5.41, 5.74) is 11.0. The lowest BCUT2D eigenvalue weighted by atomic mass is 10.0. The van der Waals surface area contributed by atoms with Crippen LogP contribution >= 0.6 is 0 Å². The van der Waals surface area contributed by atoms with Crippen molar-refractivity contribution in [3.05, 3.63) is 89.6 Å². The van der Waals surface area contributed by atoms with Gasteiger partial charge < -0.3 is 21.9 Å². The average Bonchev–Trinajstić information content (AvgIpc) is 2.83. The normalized spacial score (nSPS) is 10.9. The van der Waals surface area contributed by atoms with Crippen molar-refractivity contribution in [3.8, 4) is 5.75 Å². The molecule has 3 aromatic carbocycles. The van der Waals surface area contributed by atoms with E-state index >= 15 is 0 Å². The molecule has 34 heavy (non-hydrogen) atoms. The summed E-state index contributed by atoms with van der Waals surface area (Å²) in [5, 5.41) is 22.7. The number of phenolic OH excluding ortho intramolecular Hbond substituents is 1. The fourth-order valence-corrected chi connectivity index (χ4v) is 3.35. The molecule has 1 heterocycles. The fourth-order valence-electron chi connectivity index (χ4n) is 3.35. The number of pyridine rings is 1. The van der Waals surface area contributed by atoms with E-state index in [4.69, 9.17) is 11.5 Å². The van der Waals surface area contributed by atoms with E-state index in [1.807, 2.05) is 0 Å². The number of fused-ring (bicyclic) bond motifs is 1. The Hall–Kier alpha value is -5.12. The summed E-state index contributed by atoms with van der Waals surface area (Å²) < 4.78 is 0. The van der Waals surface area contributed by atoms with Crippen LogP contribution < -0.4 is 16.8 Å². The molecular weight excluding hydrogens is 436 g/mol. The largest absolute Gasteiger partial charge is 0.505 e. The second-order valence-corrected chi connectivity index (χ2v) is 7.15. The van der Waals surface area contributed by atoms with Gasteiger partial charge >= 0.3 is 0 Å². The molecule has 10 nitrogen and oxygen atoms in total. The highest BCUT2D eigenvalue weighted by molar-refractivity contribution is 6.13. The van der Waals surface area contributed by atoms with Crippen LogP contribution in [-0.4, -0.2) is 27.8 Å². The Morgan fingerprint density at radius 3 is 2.26 bits per heavy atom. The summed E-state index contributed by atoms with van der Waals surface area (Å²) in [6.07, 6.45) is 1.42. The minimum Gasteiger partial charge on any atom is -0.505 e. The molecule has 1 aromatic heterocycles. The number of hydrogen-bond donors (Lipinski definition) is 4. The number of hydrogen-bond acceptors (Lipinski definition) is 7. The molecule has 0 radical (unpaired) electrons. The first-order valence-corrected chi connectivity index (χ1v) is 9.98. The molecule has 0 saturated heterocycles. The summed E-state index contributed by atoms with van der Waals surface area (Å²) >= 11 is 0. The summed E-state index contributed by atoms with van der Waals surface area (Å²) in [6.45, 7) is 0. The maximum Gasteiger partial charge on any atom is 0.259 e. The van der Waals surface area contributed by atoms with Gasteiger partial charge in [0.05, 0.1) is 22.4 Å². The van der Waals surface area contributed by atoms with Gasteiger partial charge in [-0.3, -0.25) is 14.4 Å². The first-order valence-electron chi connectivity index (χ1n) is 9.98. The van der Waals surface area contributed by atoms with Crippen LogP contribution in [0.2, 0.25) is 0 Å². The minimum atomic E-state index is -0.739. The van der Waals surface area contributed by atoms with Crippen LogP contribution in [0.15, 0.2) is 83.2 Å². The highest BCUT2D eigenvalue weighted by atomic mass is 16.3. The number of aromatic nitrogens is 1. The molecule has 0 fully saturated rings. The predicted octanol–water partition coefficient (Wildman–Crippen LogP) is 3.81. The van der Waals surface area contributed by atoms with Crippen molar-refractivity contribution in [2.24, 2.45) is 21.7 Å². The van der Waals surface area contributed by atoms with Gasteiger partial charge in [0, 0.05) is 11.6 Å². The van der Waals surface area contributed by atoms with E-state index in [2.05, 4.69) is 20.5 Å². The number of rotatable bonds is 6. The maximum atomic E-state index is 13.1. The first-order chi connectivity index (χ1) is 16.4. The third kappa shape index (κ3) is 4.28. The molecule has 10 heteroatoms. The zero-order valence-corrected chi connectivity index (χ0v) is 17.6. The van der Waals surface area contributed by atoms with Crippen molar-refractivity contribution in [2.75, 3.05) is 5.32 Å². The van der Waals surface area contributed by atoms with Crippen LogP contribution in [0, 0.1) is 0 Å². The Kier molecular flexibility index (Phi) is 5.95. The fraction of sp³-hybridized carbons (Fsp3) is 0. The quantitative estimate of drug-likeness (QED) is 0.324. The van der Waals surface area contributed by atoms with Crippen LogP contribution in [-0.2, 0) is 0 Å². The molecule has 4 aromatic rings. The van der Waals surface area contributed by atoms with E-state index in [1.54, 1.807) is 36.4 Å². The molecular formula is C24H18N6O4. The van der Waals surface area contributed by atoms with E-state index < -0.39 is 23.5 Å². The van der Waals surface area contributed by atoms with Gasteiger partial charge in [-0.15, -0.1) is 10.2 Å². The molecule has 168 valence electrons. The lowest BCUT2D eigenvalue weighted by Crippen LogP contribution is -2.18. The number of benzene rings is 3. The van der Waals surface area contributed by atoms with Crippen molar-refractivity contribution < 1.29 is 19.5 Å². The SMILES string of the molecule is NC(=O)c1ccccc1NC(=O)c1cc2ccccc2c(/N=N/c2ncccc2C(N)=O)c1O. The third-order valence-electron chi connectivity index (χ3n) is 4.98. The number of carbonyl (C=O) groups is 3. The number of amides is 3. The third-order valence-corrected chi connectivity index (χ3v) is 4.98. The van der Waals surface area contributed by atoms with Gasteiger partial charge in [0.1, 0.15) is 5.69 Å². The van der Waals surface area contributed by atoms with E-state index in [1.165, 1.54) is 36.5 Å². The average molecular weight is 454 g/mol. The Morgan fingerprint density at radius 1 is 0.824 bits per heavy atom. The highest BCUT2D eigenvalue weighted by Crippen LogP contribution is 2.39. The Balaban J connectivity index is 1.81. The van der Waals surface area contributed by atoms with Crippen molar-refractivity contribution >= 4 is 45.7 Å². The van der Waals surface area contributed by atoms with E-state index in [0.29, 0.717) is 10.8 Å². The van der Waals surface area contributed by atoms with Gasteiger partial charge in [-0.2, -0.15) is 0 Å². The van der Waals surface area contributed by atoms with Gasteiger partial charge in [0.2, 0.25) is 0 Å². The zero-order chi connectivity index (χ0) is 24.2. The van der Waals surface area contributed by atoms with Crippen molar-refractivity contribution in [2.45, 2.75) is 0 Å². The number of para-hydroxylation sites is 1. The molecule has 0 aliphatic heterocycles. The molecule has 0 bridgehead atoms.